The Labute approximate surface area is 149 Å². The maximum Gasteiger partial charge on any atom is 0.416 e. The first-order valence-corrected chi connectivity index (χ1v) is 8.19. The number of carboxylic acid groups (broad SMARTS) is 1. The number of hydrogen-bond donors (Lipinski definition) is 3. The molecule has 1 aromatic carbocycles. The van der Waals surface area contributed by atoms with Crippen LogP contribution in [-0.2, 0) is 6.18 Å². The highest BCUT2D eigenvalue weighted by molar-refractivity contribution is 7.21. The molecule has 0 unspecified atom stereocenters. The molecule has 6 nitrogen and oxygen atoms in total. The van der Waals surface area contributed by atoms with Crippen LogP contribution in [0.1, 0.15) is 33.8 Å². The Hall–Kier alpha value is -2.88. The molecule has 0 radical (unpaired) electrons. The van der Waals surface area contributed by atoms with Crippen LogP contribution in [0.5, 0.6) is 0 Å². The van der Waals surface area contributed by atoms with Gasteiger partial charge in [0.2, 0.25) is 0 Å². The van der Waals surface area contributed by atoms with Gasteiger partial charge in [-0.05, 0) is 36.8 Å². The molecule has 2 heterocycles. The van der Waals surface area contributed by atoms with E-state index in [9.17, 15) is 18.0 Å². The van der Waals surface area contributed by atoms with Gasteiger partial charge in [-0.25, -0.2) is 14.8 Å². The predicted molar refractivity (Wildman–Crippen MR) is 92.3 cm³/mol. The fourth-order valence-corrected chi connectivity index (χ4v) is 3.34. The summed E-state index contributed by atoms with van der Waals surface area (Å²) in [4.78, 5) is 19.3. The first-order valence-electron chi connectivity index (χ1n) is 7.37. The molecule has 0 saturated heterocycles. The van der Waals surface area contributed by atoms with Crippen molar-refractivity contribution in [3.05, 3.63) is 46.6 Å². The van der Waals surface area contributed by atoms with Crippen molar-refractivity contribution in [1.29, 1.82) is 0 Å². The Kier molecular flexibility index (Phi) is 4.45. The number of rotatable bonds is 4. The zero-order chi connectivity index (χ0) is 19.1. The Morgan fingerprint density at radius 2 is 2.00 bits per heavy atom. The Morgan fingerprint density at radius 3 is 2.65 bits per heavy atom. The number of aromatic carboxylic acids is 1. The third kappa shape index (κ3) is 3.54. The smallest absolute Gasteiger partial charge is 0.416 e. The summed E-state index contributed by atoms with van der Waals surface area (Å²) in [5, 5.41) is 12.1. The predicted octanol–water partition coefficient (Wildman–Crippen LogP) is 4.16. The van der Waals surface area contributed by atoms with Crippen molar-refractivity contribution in [3.8, 4) is 0 Å². The van der Waals surface area contributed by atoms with Crippen LogP contribution in [0, 0.1) is 0 Å². The molecule has 26 heavy (non-hydrogen) atoms. The van der Waals surface area contributed by atoms with E-state index < -0.39 is 23.8 Å². The van der Waals surface area contributed by atoms with Crippen molar-refractivity contribution in [3.63, 3.8) is 0 Å². The van der Waals surface area contributed by atoms with Crippen LogP contribution in [0.2, 0.25) is 0 Å². The number of thiophene rings is 1. The van der Waals surface area contributed by atoms with Crippen molar-refractivity contribution in [2.45, 2.75) is 19.1 Å². The summed E-state index contributed by atoms with van der Waals surface area (Å²) in [5.74, 6) is -0.742. The third-order valence-corrected chi connectivity index (χ3v) is 4.80. The highest BCUT2D eigenvalue weighted by Gasteiger charge is 2.31. The molecule has 0 bridgehead atoms. The van der Waals surface area contributed by atoms with Gasteiger partial charge in [0.05, 0.1) is 21.8 Å². The van der Waals surface area contributed by atoms with E-state index >= 15 is 0 Å². The lowest BCUT2D eigenvalue weighted by Gasteiger charge is -2.18. The number of benzene rings is 1. The lowest BCUT2D eigenvalue weighted by molar-refractivity contribution is -0.137. The molecule has 0 amide bonds. The number of nitrogens with two attached hydrogens (primary N) is 1. The number of fused-ring (bicyclic) bond motifs is 1. The average molecular weight is 382 g/mol. The maximum atomic E-state index is 13.0. The third-order valence-electron chi connectivity index (χ3n) is 3.68. The van der Waals surface area contributed by atoms with Gasteiger partial charge in [-0.15, -0.1) is 11.3 Å². The van der Waals surface area contributed by atoms with Crippen LogP contribution in [-0.4, -0.2) is 21.0 Å². The summed E-state index contributed by atoms with van der Waals surface area (Å²) in [6.45, 7) is 1.66. The minimum absolute atomic E-state index is 0.000552. The average Bonchev–Trinajstić information content (AvgIpc) is 2.99. The number of nitrogens with zero attached hydrogens (tertiary/aromatic N) is 2. The molecule has 0 aliphatic carbocycles. The molecule has 10 heteroatoms. The topological polar surface area (TPSA) is 101 Å². The van der Waals surface area contributed by atoms with Crippen molar-refractivity contribution < 1.29 is 23.1 Å². The summed E-state index contributed by atoms with van der Waals surface area (Å²) in [6.07, 6.45) is -3.24. The van der Waals surface area contributed by atoms with E-state index in [4.69, 9.17) is 10.8 Å². The summed E-state index contributed by atoms with van der Waals surface area (Å²) in [5.41, 5.74) is 5.54. The van der Waals surface area contributed by atoms with Gasteiger partial charge in [-0.3, -0.25) is 0 Å². The van der Waals surface area contributed by atoms with Crippen LogP contribution in [0.4, 0.5) is 24.7 Å². The number of anilines is 2. The van der Waals surface area contributed by atoms with E-state index in [-0.39, 0.29) is 10.6 Å². The van der Waals surface area contributed by atoms with Crippen molar-refractivity contribution in [2.24, 2.45) is 0 Å². The standard InChI is InChI=1S/C16H13F3N4O2S/c1-7(8-2-9(16(17,18)19)4-10(20)3-8)23-14-13-11(21-6-22-14)5-12(26-13)15(24)25/h2-7H,20H2,1H3,(H,24,25)(H,21,22,23)/t7-/m1/s1. The van der Waals surface area contributed by atoms with Gasteiger partial charge in [0.1, 0.15) is 17.0 Å². The molecule has 0 aliphatic rings. The van der Waals surface area contributed by atoms with Gasteiger partial charge in [0, 0.05) is 5.69 Å². The highest BCUT2D eigenvalue weighted by atomic mass is 32.1. The number of halogens is 3. The van der Waals surface area contributed by atoms with Crippen LogP contribution >= 0.6 is 11.3 Å². The van der Waals surface area contributed by atoms with Gasteiger partial charge in [-0.1, -0.05) is 0 Å². The fourth-order valence-electron chi connectivity index (χ4n) is 2.44. The molecule has 0 saturated carbocycles. The molecule has 136 valence electrons. The summed E-state index contributed by atoms with van der Waals surface area (Å²) >= 11 is 0.988. The number of hydrogen-bond acceptors (Lipinski definition) is 6. The van der Waals surface area contributed by atoms with Gasteiger partial charge >= 0.3 is 12.1 Å². The molecule has 0 spiro atoms. The minimum Gasteiger partial charge on any atom is -0.477 e. The minimum atomic E-state index is -4.50. The van der Waals surface area contributed by atoms with Crippen LogP contribution in [0.3, 0.4) is 0 Å². The van der Waals surface area contributed by atoms with E-state index in [1.54, 1.807) is 6.92 Å². The van der Waals surface area contributed by atoms with Gasteiger partial charge < -0.3 is 16.2 Å². The number of carboxylic acids is 1. The Bertz CT molecular complexity index is 987. The Morgan fingerprint density at radius 1 is 1.27 bits per heavy atom. The van der Waals surface area contributed by atoms with Crippen molar-refractivity contribution in [1.82, 2.24) is 9.97 Å². The second kappa shape index (κ2) is 6.45. The first-order chi connectivity index (χ1) is 12.1. The van der Waals surface area contributed by atoms with E-state index in [1.807, 2.05) is 0 Å². The van der Waals surface area contributed by atoms with E-state index in [2.05, 4.69) is 15.3 Å². The van der Waals surface area contributed by atoms with E-state index in [0.717, 1.165) is 23.5 Å². The number of aromatic nitrogens is 2. The number of nitrogen functional groups attached to an aromatic ring is 1. The lowest BCUT2D eigenvalue weighted by atomic mass is 10.0. The number of carbonyl (C=O) groups is 1. The van der Waals surface area contributed by atoms with Crippen molar-refractivity contribution >= 4 is 39.0 Å². The molecule has 0 fully saturated rings. The first kappa shape index (κ1) is 17.9. The largest absolute Gasteiger partial charge is 0.477 e. The normalized spacial score (nSPS) is 12.9. The molecule has 0 aliphatic heterocycles. The number of nitrogens with one attached hydrogen (secondary N) is 1. The molecule has 2 aromatic heterocycles. The quantitative estimate of drug-likeness (QED) is 0.586. The zero-order valence-corrected chi connectivity index (χ0v) is 14.1. The van der Waals surface area contributed by atoms with Crippen molar-refractivity contribution in [2.75, 3.05) is 11.1 Å². The summed E-state index contributed by atoms with van der Waals surface area (Å²) in [7, 11) is 0. The maximum absolute atomic E-state index is 13.0. The van der Waals surface area contributed by atoms with E-state index in [1.165, 1.54) is 18.5 Å². The molecule has 4 N–H and O–H groups in total. The second-order valence-corrected chi connectivity index (χ2v) is 6.66. The lowest BCUT2D eigenvalue weighted by Crippen LogP contribution is -2.12. The molecular formula is C16H13F3N4O2S. The monoisotopic (exact) mass is 382 g/mol. The summed E-state index contributed by atoms with van der Waals surface area (Å²) in [6, 6.07) is 4.21. The van der Waals surface area contributed by atoms with Crippen LogP contribution in [0.25, 0.3) is 10.2 Å². The zero-order valence-electron chi connectivity index (χ0n) is 13.3. The van der Waals surface area contributed by atoms with Crippen LogP contribution in [0.15, 0.2) is 30.6 Å². The summed E-state index contributed by atoms with van der Waals surface area (Å²) < 4.78 is 39.4. The molecule has 3 rings (SSSR count). The van der Waals surface area contributed by atoms with Crippen LogP contribution < -0.4 is 11.1 Å². The highest BCUT2D eigenvalue weighted by Crippen LogP contribution is 2.35. The second-order valence-electron chi connectivity index (χ2n) is 5.60. The molecule has 3 aromatic rings. The van der Waals surface area contributed by atoms with Gasteiger partial charge in [0.15, 0.2) is 0 Å². The molecule has 1 atom stereocenters. The molecular weight excluding hydrogens is 369 g/mol. The van der Waals surface area contributed by atoms with E-state index in [0.29, 0.717) is 21.6 Å². The Balaban J connectivity index is 1.96. The SMILES string of the molecule is C[C@@H](Nc1ncnc2cc(C(=O)O)sc12)c1cc(N)cc(C(F)(F)F)c1. The number of alkyl halides is 3. The van der Waals surface area contributed by atoms with Gasteiger partial charge in [0.25, 0.3) is 0 Å². The van der Waals surface area contributed by atoms with Gasteiger partial charge in [-0.2, -0.15) is 13.2 Å². The fraction of sp³-hybridized carbons (Fsp3) is 0.188.